The molecule has 14 nitrogen and oxygen atoms in total. The molecular weight excluding hydrogens is 552 g/mol. The second kappa shape index (κ2) is 11.1. The molecule has 38 heavy (non-hydrogen) atoms. The van der Waals surface area contributed by atoms with E-state index in [1.54, 1.807) is 12.1 Å². The number of aliphatic hydroxyl groups is 4. The minimum atomic E-state index is -5.14. The molecule has 208 valence electrons. The molecule has 0 spiro atoms. The second-order valence-corrected chi connectivity index (χ2v) is 11.0. The van der Waals surface area contributed by atoms with Gasteiger partial charge in [0.2, 0.25) is 10.6 Å². The van der Waals surface area contributed by atoms with E-state index in [4.69, 9.17) is 21.1 Å². The molecule has 1 aromatic carbocycles. The molecule has 1 aliphatic rings. The molecule has 3 aromatic rings. The zero-order valence-electron chi connectivity index (χ0n) is 19.8. The number of ether oxygens (including phenoxy) is 2. The first-order chi connectivity index (χ1) is 17.9. The standard InChI is InChI=1S/C21H26ClFN5O9P/c1-10(11-2-4-12(23)5-3-11)25-17-13-6-24-28(18(13)27-20(22)26-17)19-16(32)15(31)14(37-19)7-36-21(8-29,9-30)38(33,34)35/h2-6,10,14-16,19,29-32H,7-9H2,1H3,(H,25,26,27)(H2,33,34,35)/t10-,14-,15-,16-,19-/m1/s1. The van der Waals surface area contributed by atoms with Crippen LogP contribution < -0.4 is 5.32 Å². The summed E-state index contributed by atoms with van der Waals surface area (Å²) in [6, 6.07) is 5.54. The summed E-state index contributed by atoms with van der Waals surface area (Å²) in [6.07, 6.45) is -4.44. The number of hydrogen-bond donors (Lipinski definition) is 7. The molecule has 0 radical (unpaired) electrons. The van der Waals surface area contributed by atoms with Gasteiger partial charge < -0.3 is 45.0 Å². The van der Waals surface area contributed by atoms with Gasteiger partial charge in [0.1, 0.15) is 29.9 Å². The van der Waals surface area contributed by atoms with Gasteiger partial charge in [0.25, 0.3) is 0 Å². The third-order valence-electron chi connectivity index (χ3n) is 6.27. The zero-order valence-corrected chi connectivity index (χ0v) is 21.4. The first-order valence-corrected chi connectivity index (χ1v) is 13.3. The predicted molar refractivity (Wildman–Crippen MR) is 130 cm³/mol. The predicted octanol–water partition coefficient (Wildman–Crippen LogP) is 0.286. The van der Waals surface area contributed by atoms with E-state index >= 15 is 0 Å². The summed E-state index contributed by atoms with van der Waals surface area (Å²) in [5.41, 5.74) is 0.895. The van der Waals surface area contributed by atoms with Crippen molar-refractivity contribution in [2.24, 2.45) is 0 Å². The Kier molecular flexibility index (Phi) is 8.35. The molecule has 0 saturated carbocycles. The topological polar surface area (TPSA) is 213 Å². The third-order valence-corrected chi connectivity index (χ3v) is 7.91. The van der Waals surface area contributed by atoms with Crippen LogP contribution in [0.25, 0.3) is 11.0 Å². The first kappa shape index (κ1) is 28.7. The number of aliphatic hydroxyl groups excluding tert-OH is 4. The summed E-state index contributed by atoms with van der Waals surface area (Å²) in [5.74, 6) is -0.0934. The zero-order chi connectivity index (χ0) is 27.8. The number of rotatable bonds is 10. The second-order valence-electron chi connectivity index (χ2n) is 8.75. The number of nitrogens with one attached hydrogen (secondary N) is 1. The van der Waals surface area contributed by atoms with E-state index < -0.39 is 57.3 Å². The van der Waals surface area contributed by atoms with Crippen molar-refractivity contribution in [2.45, 2.75) is 42.8 Å². The van der Waals surface area contributed by atoms with Crippen LogP contribution in [0.1, 0.15) is 24.8 Å². The SMILES string of the molecule is C[C@@H](Nc1nc(Cl)nc2c1cnn2[C@@H]1O[C@H](COC(CO)(CO)P(=O)(O)O)[C@@H](O)[C@H]1O)c1ccc(F)cc1. The van der Waals surface area contributed by atoms with Gasteiger partial charge >= 0.3 is 7.60 Å². The van der Waals surface area contributed by atoms with Crippen molar-refractivity contribution >= 4 is 36.0 Å². The molecule has 0 amide bonds. The summed E-state index contributed by atoms with van der Waals surface area (Å²) >= 11 is 6.13. The fraction of sp³-hybridized carbons (Fsp3) is 0.476. The lowest BCUT2D eigenvalue weighted by Crippen LogP contribution is -2.44. The molecule has 3 heterocycles. The summed E-state index contributed by atoms with van der Waals surface area (Å²) in [7, 11) is -5.14. The van der Waals surface area contributed by atoms with Gasteiger partial charge in [-0.3, -0.25) is 4.57 Å². The molecule has 0 unspecified atom stereocenters. The molecule has 17 heteroatoms. The summed E-state index contributed by atoms with van der Waals surface area (Å²) in [4.78, 5) is 27.3. The largest absolute Gasteiger partial charge is 0.393 e. The van der Waals surface area contributed by atoms with Gasteiger partial charge in [0, 0.05) is 6.04 Å². The van der Waals surface area contributed by atoms with Gasteiger partial charge in [-0.15, -0.1) is 0 Å². The molecule has 0 aliphatic carbocycles. The Labute approximate surface area is 219 Å². The molecule has 1 fully saturated rings. The van der Waals surface area contributed by atoms with Gasteiger partial charge in [-0.2, -0.15) is 15.1 Å². The number of fused-ring (bicyclic) bond motifs is 1. The van der Waals surface area contributed by atoms with E-state index in [0.29, 0.717) is 5.39 Å². The Hall–Kier alpha value is -2.30. The Balaban J connectivity index is 1.57. The molecule has 0 bridgehead atoms. The average Bonchev–Trinajstić information content (AvgIpc) is 3.40. The van der Waals surface area contributed by atoms with Crippen LogP contribution in [0.5, 0.6) is 0 Å². The number of hydrogen-bond acceptors (Lipinski definition) is 11. The van der Waals surface area contributed by atoms with Crippen LogP contribution in [0.2, 0.25) is 5.28 Å². The van der Waals surface area contributed by atoms with E-state index in [1.807, 2.05) is 6.92 Å². The van der Waals surface area contributed by atoms with Gasteiger partial charge in [0.05, 0.1) is 31.4 Å². The van der Waals surface area contributed by atoms with Crippen molar-refractivity contribution in [3.8, 4) is 0 Å². The molecule has 1 saturated heterocycles. The van der Waals surface area contributed by atoms with Crippen LogP contribution in [-0.2, 0) is 14.0 Å². The molecule has 2 aromatic heterocycles. The van der Waals surface area contributed by atoms with E-state index in [2.05, 4.69) is 20.4 Å². The van der Waals surface area contributed by atoms with Crippen LogP contribution in [0, 0.1) is 5.82 Å². The fourth-order valence-electron chi connectivity index (χ4n) is 3.95. The van der Waals surface area contributed by atoms with E-state index in [-0.39, 0.29) is 28.6 Å². The quantitative estimate of drug-likeness (QED) is 0.128. The minimum absolute atomic E-state index is 0.131. The lowest BCUT2D eigenvalue weighted by atomic mass is 10.1. The van der Waals surface area contributed by atoms with Gasteiger partial charge in [-0.1, -0.05) is 12.1 Å². The first-order valence-electron chi connectivity index (χ1n) is 11.3. The maximum atomic E-state index is 13.3. The fourth-order valence-corrected chi connectivity index (χ4v) is 4.73. The van der Waals surface area contributed by atoms with Crippen LogP contribution in [0.3, 0.4) is 0 Å². The Morgan fingerprint density at radius 3 is 2.47 bits per heavy atom. The van der Waals surface area contributed by atoms with Gasteiger partial charge in [-0.25, -0.2) is 9.07 Å². The van der Waals surface area contributed by atoms with Crippen LogP contribution in [0.15, 0.2) is 30.5 Å². The number of benzene rings is 1. The Bertz CT molecular complexity index is 1320. The highest BCUT2D eigenvalue weighted by molar-refractivity contribution is 7.53. The van der Waals surface area contributed by atoms with Gasteiger partial charge in [0.15, 0.2) is 11.9 Å². The molecule has 5 atom stereocenters. The van der Waals surface area contributed by atoms with Crippen LogP contribution >= 0.6 is 19.2 Å². The number of aromatic nitrogens is 4. The Morgan fingerprint density at radius 1 is 1.21 bits per heavy atom. The normalized spacial score (nSPS) is 23.2. The summed E-state index contributed by atoms with van der Waals surface area (Å²) in [5, 5.41) is 45.0. The molecular formula is C21H26ClFN5O9P. The Morgan fingerprint density at radius 2 is 1.87 bits per heavy atom. The van der Waals surface area contributed by atoms with Gasteiger partial charge in [-0.05, 0) is 36.2 Å². The third kappa shape index (κ3) is 5.40. The minimum Gasteiger partial charge on any atom is -0.393 e. The van der Waals surface area contributed by atoms with E-state index in [9.17, 15) is 39.2 Å². The van der Waals surface area contributed by atoms with E-state index in [1.165, 1.54) is 18.3 Å². The summed E-state index contributed by atoms with van der Waals surface area (Å²) in [6.45, 7) is -1.31. The maximum Gasteiger partial charge on any atom is 0.361 e. The monoisotopic (exact) mass is 577 g/mol. The number of nitrogens with zero attached hydrogens (tertiary/aromatic N) is 4. The van der Waals surface area contributed by atoms with Crippen LogP contribution in [0.4, 0.5) is 10.2 Å². The molecule has 7 N–H and O–H groups in total. The highest BCUT2D eigenvalue weighted by Crippen LogP contribution is 2.51. The smallest absolute Gasteiger partial charge is 0.361 e. The van der Waals surface area contributed by atoms with Crippen molar-refractivity contribution < 1.29 is 48.6 Å². The molecule has 1 aliphatic heterocycles. The lowest BCUT2D eigenvalue weighted by Gasteiger charge is -2.31. The van der Waals surface area contributed by atoms with E-state index in [0.717, 1.165) is 10.2 Å². The van der Waals surface area contributed by atoms with Crippen molar-refractivity contribution in [1.82, 2.24) is 19.7 Å². The van der Waals surface area contributed by atoms with Crippen molar-refractivity contribution in [3.05, 3.63) is 47.1 Å². The number of halogens is 2. The van der Waals surface area contributed by atoms with Crippen molar-refractivity contribution in [2.75, 3.05) is 25.1 Å². The van der Waals surface area contributed by atoms with Crippen molar-refractivity contribution in [3.63, 3.8) is 0 Å². The number of anilines is 1. The summed E-state index contributed by atoms with van der Waals surface area (Å²) < 4.78 is 37.0. The van der Waals surface area contributed by atoms with Crippen molar-refractivity contribution in [1.29, 1.82) is 0 Å². The average molecular weight is 578 g/mol. The molecule has 4 rings (SSSR count). The van der Waals surface area contributed by atoms with Crippen LogP contribution in [-0.4, -0.2) is 93.4 Å². The maximum absolute atomic E-state index is 13.3. The lowest BCUT2D eigenvalue weighted by molar-refractivity contribution is -0.121. The highest BCUT2D eigenvalue weighted by atomic mass is 35.5. The highest BCUT2D eigenvalue weighted by Gasteiger charge is 2.51.